The van der Waals surface area contributed by atoms with Gasteiger partial charge in [0, 0.05) is 11.5 Å². The van der Waals surface area contributed by atoms with Crippen LogP contribution in [0.1, 0.15) is 26.7 Å². The van der Waals surface area contributed by atoms with Gasteiger partial charge in [0.05, 0.1) is 5.41 Å². The van der Waals surface area contributed by atoms with E-state index in [2.05, 4.69) is 6.58 Å². The lowest BCUT2D eigenvalue weighted by Crippen LogP contribution is -2.37. The summed E-state index contributed by atoms with van der Waals surface area (Å²) in [5.41, 5.74) is -1.25. The molecule has 0 aliphatic rings. The highest BCUT2D eigenvalue weighted by Crippen LogP contribution is 2.49. The van der Waals surface area contributed by atoms with E-state index in [1.54, 1.807) is 30.3 Å². The van der Waals surface area contributed by atoms with Gasteiger partial charge in [0.2, 0.25) is 7.37 Å². The average molecular weight is 310 g/mol. The maximum absolute atomic E-state index is 12.6. The van der Waals surface area contributed by atoms with E-state index >= 15 is 0 Å². The van der Waals surface area contributed by atoms with Gasteiger partial charge in [0.1, 0.15) is 0 Å². The molecule has 0 heterocycles. The number of aliphatic carboxylic acids is 1. The van der Waals surface area contributed by atoms with Gasteiger partial charge in [-0.25, -0.2) is 0 Å². The number of hydrogen-bond donors (Lipinski definition) is 2. The molecule has 4 nitrogen and oxygen atoms in total. The van der Waals surface area contributed by atoms with Gasteiger partial charge >= 0.3 is 5.97 Å². The minimum absolute atomic E-state index is 0.108. The first kappa shape index (κ1) is 17.7. The molecule has 1 rings (SSSR count). The summed E-state index contributed by atoms with van der Waals surface area (Å²) in [4.78, 5) is 22.1. The lowest BCUT2D eigenvalue weighted by Gasteiger charge is -2.32. The monoisotopic (exact) mass is 310 g/mol. The highest BCUT2D eigenvalue weighted by molar-refractivity contribution is 7.66. The van der Waals surface area contributed by atoms with Gasteiger partial charge in [-0.05, 0) is 30.9 Å². The summed E-state index contributed by atoms with van der Waals surface area (Å²) in [6.07, 6.45) is 1.76. The second-order valence-electron chi connectivity index (χ2n) is 5.87. The van der Waals surface area contributed by atoms with Crippen molar-refractivity contribution < 1.29 is 19.4 Å². The highest BCUT2D eigenvalue weighted by Gasteiger charge is 2.44. The lowest BCUT2D eigenvalue weighted by molar-refractivity contribution is -0.148. The molecule has 0 saturated heterocycles. The molecule has 2 unspecified atom stereocenters. The lowest BCUT2D eigenvalue weighted by atomic mass is 9.79. The van der Waals surface area contributed by atoms with Crippen LogP contribution in [0.5, 0.6) is 0 Å². The molecule has 1 aromatic rings. The summed E-state index contributed by atoms with van der Waals surface area (Å²) in [6.45, 7) is 7.42. The maximum atomic E-state index is 12.6. The van der Waals surface area contributed by atoms with Crippen LogP contribution < -0.4 is 5.30 Å². The van der Waals surface area contributed by atoms with Gasteiger partial charge in [-0.1, -0.05) is 38.1 Å². The molecule has 0 amide bonds. The van der Waals surface area contributed by atoms with E-state index in [0.29, 0.717) is 11.7 Å². The van der Waals surface area contributed by atoms with E-state index in [9.17, 15) is 19.4 Å². The largest absolute Gasteiger partial charge is 0.481 e. The molecule has 0 aromatic heterocycles. The molecule has 1 aromatic carbocycles. The van der Waals surface area contributed by atoms with Gasteiger partial charge in [-0.15, -0.1) is 6.58 Å². The van der Waals surface area contributed by atoms with E-state index in [4.69, 9.17) is 0 Å². The first-order valence-electron chi connectivity index (χ1n) is 6.95. The first-order valence-corrected chi connectivity index (χ1v) is 8.80. The number of allylic oxidation sites excluding steroid dienone is 1. The number of rotatable bonds is 8. The number of benzene rings is 1. The zero-order valence-electron chi connectivity index (χ0n) is 12.5. The fourth-order valence-corrected chi connectivity index (χ4v) is 4.71. The van der Waals surface area contributed by atoms with Crippen LogP contribution in [0, 0.1) is 11.3 Å². The molecule has 21 heavy (non-hydrogen) atoms. The van der Waals surface area contributed by atoms with Crippen molar-refractivity contribution >= 4 is 18.6 Å². The van der Waals surface area contributed by atoms with Crippen LogP contribution in [0.4, 0.5) is 0 Å². The van der Waals surface area contributed by atoms with Crippen molar-refractivity contribution in [3.05, 3.63) is 43.0 Å². The second kappa shape index (κ2) is 7.06. The van der Waals surface area contributed by atoms with Crippen LogP contribution in [-0.2, 0) is 9.36 Å². The smallest absolute Gasteiger partial charge is 0.310 e. The van der Waals surface area contributed by atoms with E-state index in [0.717, 1.165) is 0 Å². The van der Waals surface area contributed by atoms with E-state index in [1.165, 1.54) is 6.08 Å². The summed E-state index contributed by atoms with van der Waals surface area (Å²) in [5, 5.41) is 9.93. The first-order chi connectivity index (χ1) is 9.73. The summed E-state index contributed by atoms with van der Waals surface area (Å²) in [6, 6.07) is 8.24. The quantitative estimate of drug-likeness (QED) is 0.571. The summed E-state index contributed by atoms with van der Waals surface area (Å²) < 4.78 is 12.6. The molecule has 0 aliphatic carbocycles. The normalized spacial score (nSPS) is 17.0. The molecular formula is C16H23O4P. The van der Waals surface area contributed by atoms with Gasteiger partial charge in [-0.2, -0.15) is 0 Å². The SMILES string of the molecule is C=CCC(CC(C)C)(CP(=O)(O)c1ccccc1)C(=O)O. The standard InChI is InChI=1S/C16H23O4P/c1-4-10-16(15(17)18,11-13(2)3)12-21(19,20)14-8-6-5-7-9-14/h4-9,13H,1,10-12H2,2-3H3,(H,17,18)(H,19,20). The van der Waals surface area contributed by atoms with E-state index in [1.807, 2.05) is 13.8 Å². The average Bonchev–Trinajstić information content (AvgIpc) is 2.38. The Morgan fingerprint density at radius 2 is 1.95 bits per heavy atom. The van der Waals surface area contributed by atoms with Gasteiger partial charge in [0.15, 0.2) is 0 Å². The molecule has 0 radical (unpaired) electrons. The molecule has 0 bridgehead atoms. The van der Waals surface area contributed by atoms with Crippen LogP contribution in [0.2, 0.25) is 0 Å². The molecule has 116 valence electrons. The van der Waals surface area contributed by atoms with Crippen molar-refractivity contribution in [2.75, 3.05) is 6.16 Å². The van der Waals surface area contributed by atoms with Crippen molar-refractivity contribution in [2.24, 2.45) is 11.3 Å². The molecule has 5 heteroatoms. The predicted octanol–water partition coefficient (Wildman–Crippen LogP) is 3.28. The summed E-state index contributed by atoms with van der Waals surface area (Å²) in [7, 11) is -3.73. The second-order valence-corrected chi connectivity index (χ2v) is 8.11. The Hall–Kier alpha value is -1.38. The van der Waals surface area contributed by atoms with Crippen LogP contribution in [-0.4, -0.2) is 22.1 Å². The molecule has 0 aliphatic heterocycles. The highest BCUT2D eigenvalue weighted by atomic mass is 31.2. The van der Waals surface area contributed by atoms with Gasteiger partial charge in [-0.3, -0.25) is 9.36 Å². The Morgan fingerprint density at radius 3 is 2.38 bits per heavy atom. The third-order valence-corrected chi connectivity index (χ3v) is 5.60. The van der Waals surface area contributed by atoms with Crippen molar-refractivity contribution in [2.45, 2.75) is 26.7 Å². The van der Waals surface area contributed by atoms with Crippen LogP contribution in [0.3, 0.4) is 0 Å². The van der Waals surface area contributed by atoms with E-state index in [-0.39, 0.29) is 18.5 Å². The van der Waals surface area contributed by atoms with Crippen molar-refractivity contribution in [3.8, 4) is 0 Å². The van der Waals surface area contributed by atoms with Crippen LogP contribution >= 0.6 is 7.37 Å². The van der Waals surface area contributed by atoms with E-state index < -0.39 is 18.8 Å². The number of carboxylic acids is 1. The van der Waals surface area contributed by atoms with Crippen molar-refractivity contribution in [1.82, 2.24) is 0 Å². The Bertz CT molecular complexity index is 538. The van der Waals surface area contributed by atoms with Crippen LogP contribution in [0.25, 0.3) is 0 Å². The molecule has 0 fully saturated rings. The minimum Gasteiger partial charge on any atom is -0.481 e. The Morgan fingerprint density at radius 1 is 1.38 bits per heavy atom. The number of carbonyl (C=O) groups is 1. The van der Waals surface area contributed by atoms with Crippen molar-refractivity contribution in [1.29, 1.82) is 0 Å². The summed E-state index contributed by atoms with van der Waals surface area (Å²) in [5.74, 6) is -0.932. The Labute approximate surface area is 126 Å². The molecular weight excluding hydrogens is 287 g/mol. The van der Waals surface area contributed by atoms with Gasteiger partial charge < -0.3 is 10.00 Å². The zero-order valence-corrected chi connectivity index (χ0v) is 13.4. The predicted molar refractivity (Wildman–Crippen MR) is 85.1 cm³/mol. The molecule has 0 saturated carbocycles. The number of carboxylic acid groups (broad SMARTS) is 1. The minimum atomic E-state index is -3.73. The molecule has 2 atom stereocenters. The Balaban J connectivity index is 3.18. The maximum Gasteiger partial charge on any atom is 0.310 e. The topological polar surface area (TPSA) is 74.6 Å². The Kier molecular flexibility index (Phi) is 5.94. The van der Waals surface area contributed by atoms with Gasteiger partial charge in [0.25, 0.3) is 0 Å². The fraction of sp³-hybridized carbons (Fsp3) is 0.438. The summed E-state index contributed by atoms with van der Waals surface area (Å²) >= 11 is 0. The van der Waals surface area contributed by atoms with Crippen molar-refractivity contribution in [3.63, 3.8) is 0 Å². The fourth-order valence-electron chi connectivity index (χ4n) is 2.67. The molecule has 2 N–H and O–H groups in total. The zero-order chi connectivity index (χ0) is 16.1. The number of hydrogen-bond acceptors (Lipinski definition) is 2. The third kappa shape index (κ3) is 4.55. The van der Waals surface area contributed by atoms with Crippen LogP contribution in [0.15, 0.2) is 43.0 Å². The molecule has 0 spiro atoms. The third-order valence-electron chi connectivity index (χ3n) is 3.46.